The smallest absolute Gasteiger partial charge is 0.253 e. The van der Waals surface area contributed by atoms with E-state index in [1.807, 2.05) is 13.1 Å². The molecule has 0 saturated carbocycles. The lowest BCUT2D eigenvalue weighted by molar-refractivity contribution is 0.0796. The largest absolute Gasteiger partial charge is 0.340 e. The zero-order chi connectivity index (χ0) is 13.7. The third-order valence-electron chi connectivity index (χ3n) is 2.78. The molecule has 0 aliphatic rings. The summed E-state index contributed by atoms with van der Waals surface area (Å²) in [7, 11) is 3.65. The van der Waals surface area contributed by atoms with E-state index in [-0.39, 0.29) is 5.91 Å². The van der Waals surface area contributed by atoms with Crippen LogP contribution < -0.4 is 5.32 Å². The lowest BCUT2D eigenvalue weighted by atomic mass is 10.2. The molecule has 0 saturated heterocycles. The van der Waals surface area contributed by atoms with Gasteiger partial charge in [-0.3, -0.25) is 4.79 Å². The molecule has 1 N–H and O–H groups in total. The van der Waals surface area contributed by atoms with Crippen LogP contribution in [-0.4, -0.2) is 52.8 Å². The van der Waals surface area contributed by atoms with Crippen LogP contribution in [0.4, 0.5) is 0 Å². The topological polar surface area (TPSA) is 63.1 Å². The third kappa shape index (κ3) is 3.17. The zero-order valence-corrected chi connectivity index (χ0v) is 11.1. The average Bonchev–Trinajstić information content (AvgIpc) is 2.98. The lowest BCUT2D eigenvalue weighted by Crippen LogP contribution is -2.32. The first kappa shape index (κ1) is 13.2. The van der Waals surface area contributed by atoms with Gasteiger partial charge in [-0.15, -0.1) is 0 Å². The fourth-order valence-corrected chi connectivity index (χ4v) is 1.68. The van der Waals surface area contributed by atoms with Crippen LogP contribution in [0.3, 0.4) is 0 Å². The van der Waals surface area contributed by atoms with Gasteiger partial charge in [0.2, 0.25) is 0 Å². The molecule has 1 amide bonds. The highest BCUT2D eigenvalue weighted by Crippen LogP contribution is 2.08. The van der Waals surface area contributed by atoms with Crippen molar-refractivity contribution in [2.45, 2.75) is 0 Å². The van der Waals surface area contributed by atoms with Crippen molar-refractivity contribution in [3.8, 4) is 5.82 Å². The van der Waals surface area contributed by atoms with Crippen molar-refractivity contribution in [2.75, 3.05) is 27.2 Å². The second-order valence-corrected chi connectivity index (χ2v) is 4.18. The molecule has 100 valence electrons. The number of amides is 1. The molecule has 0 unspecified atom stereocenters. The minimum Gasteiger partial charge on any atom is -0.340 e. The molecule has 2 heterocycles. The molecular weight excluding hydrogens is 242 g/mol. The summed E-state index contributed by atoms with van der Waals surface area (Å²) < 4.78 is 1.63. The number of rotatable bonds is 5. The van der Waals surface area contributed by atoms with Crippen molar-refractivity contribution in [3.05, 3.63) is 42.4 Å². The normalized spacial score (nSPS) is 10.4. The van der Waals surface area contributed by atoms with Crippen LogP contribution in [0, 0.1) is 0 Å². The average molecular weight is 259 g/mol. The predicted octanol–water partition coefficient (Wildman–Crippen LogP) is 0.559. The third-order valence-corrected chi connectivity index (χ3v) is 2.78. The van der Waals surface area contributed by atoms with E-state index in [2.05, 4.69) is 15.4 Å². The van der Waals surface area contributed by atoms with E-state index in [0.29, 0.717) is 17.9 Å². The highest BCUT2D eigenvalue weighted by molar-refractivity contribution is 5.94. The molecule has 0 spiro atoms. The number of likely N-dealkylation sites (N-methyl/N-ethyl adjacent to an activating group) is 2. The molecular formula is C13H17N5O. The molecule has 0 atom stereocenters. The van der Waals surface area contributed by atoms with E-state index >= 15 is 0 Å². The second kappa shape index (κ2) is 6.10. The Morgan fingerprint density at radius 1 is 1.47 bits per heavy atom. The van der Waals surface area contributed by atoms with Gasteiger partial charge in [0.1, 0.15) is 0 Å². The number of pyridine rings is 1. The Bertz CT molecular complexity index is 538. The second-order valence-electron chi connectivity index (χ2n) is 4.18. The van der Waals surface area contributed by atoms with Gasteiger partial charge < -0.3 is 10.2 Å². The molecule has 19 heavy (non-hydrogen) atoms. The minimum atomic E-state index is -0.0222. The first-order valence-electron chi connectivity index (χ1n) is 6.08. The van der Waals surface area contributed by atoms with Crippen LogP contribution in [0.15, 0.2) is 36.8 Å². The summed E-state index contributed by atoms with van der Waals surface area (Å²) in [5.74, 6) is 0.615. The molecule has 0 aliphatic carbocycles. The number of hydrogen-bond acceptors (Lipinski definition) is 4. The predicted molar refractivity (Wildman–Crippen MR) is 72.2 cm³/mol. The highest BCUT2D eigenvalue weighted by Gasteiger charge is 2.12. The van der Waals surface area contributed by atoms with Crippen LogP contribution in [0.5, 0.6) is 0 Å². The van der Waals surface area contributed by atoms with Gasteiger partial charge in [0.05, 0.1) is 0 Å². The fourth-order valence-electron chi connectivity index (χ4n) is 1.68. The van der Waals surface area contributed by atoms with E-state index in [4.69, 9.17) is 0 Å². The summed E-state index contributed by atoms with van der Waals surface area (Å²) in [6, 6.07) is 5.27. The quantitative estimate of drug-likeness (QED) is 0.852. The van der Waals surface area contributed by atoms with Gasteiger partial charge in [0.15, 0.2) is 5.82 Å². The Labute approximate surface area is 112 Å². The molecule has 0 aliphatic heterocycles. The summed E-state index contributed by atoms with van der Waals surface area (Å²) >= 11 is 0. The van der Waals surface area contributed by atoms with E-state index in [0.717, 1.165) is 6.54 Å². The molecule has 2 aromatic heterocycles. The number of carbonyl (C=O) groups is 1. The summed E-state index contributed by atoms with van der Waals surface area (Å²) in [5, 5.41) is 7.12. The molecule has 6 nitrogen and oxygen atoms in total. The first-order valence-corrected chi connectivity index (χ1v) is 6.08. The van der Waals surface area contributed by atoms with Gasteiger partial charge in [-0.2, -0.15) is 5.10 Å². The van der Waals surface area contributed by atoms with Gasteiger partial charge in [0.25, 0.3) is 5.91 Å². The molecule has 2 rings (SSSR count). The van der Waals surface area contributed by atoms with Crippen molar-refractivity contribution in [1.82, 2.24) is 25.0 Å². The van der Waals surface area contributed by atoms with E-state index in [1.54, 1.807) is 47.4 Å². The van der Waals surface area contributed by atoms with Crippen LogP contribution in [0.1, 0.15) is 10.4 Å². The number of nitrogens with one attached hydrogen (secondary N) is 1. The zero-order valence-electron chi connectivity index (χ0n) is 11.1. The molecule has 6 heteroatoms. The first-order chi connectivity index (χ1) is 9.22. The molecule has 0 bridgehead atoms. The SMILES string of the molecule is CNCCN(C)C(=O)c1ccnc(-n2cccn2)c1. The van der Waals surface area contributed by atoms with Gasteiger partial charge >= 0.3 is 0 Å². The summed E-state index contributed by atoms with van der Waals surface area (Å²) in [6.45, 7) is 1.42. The highest BCUT2D eigenvalue weighted by atomic mass is 16.2. The number of carbonyl (C=O) groups excluding carboxylic acids is 1. The van der Waals surface area contributed by atoms with Crippen molar-refractivity contribution in [1.29, 1.82) is 0 Å². The Kier molecular flexibility index (Phi) is 4.25. The summed E-state index contributed by atoms with van der Waals surface area (Å²) in [5.41, 5.74) is 0.610. The maximum Gasteiger partial charge on any atom is 0.253 e. The van der Waals surface area contributed by atoms with Crippen LogP contribution in [0.2, 0.25) is 0 Å². The van der Waals surface area contributed by atoms with E-state index in [1.165, 1.54) is 0 Å². The Hall–Kier alpha value is -2.21. The van der Waals surface area contributed by atoms with Crippen molar-refractivity contribution < 1.29 is 4.79 Å². The number of hydrogen-bond donors (Lipinski definition) is 1. The minimum absolute atomic E-state index is 0.0222. The lowest BCUT2D eigenvalue weighted by Gasteiger charge is -2.17. The Morgan fingerprint density at radius 2 is 2.32 bits per heavy atom. The van der Waals surface area contributed by atoms with Gasteiger partial charge in [-0.1, -0.05) is 0 Å². The van der Waals surface area contributed by atoms with Crippen molar-refractivity contribution in [3.63, 3.8) is 0 Å². The monoisotopic (exact) mass is 259 g/mol. The molecule has 0 fully saturated rings. The van der Waals surface area contributed by atoms with E-state index < -0.39 is 0 Å². The Balaban J connectivity index is 2.17. The fraction of sp³-hybridized carbons (Fsp3) is 0.308. The standard InChI is InChI=1S/C13H17N5O/c1-14-7-9-17(2)13(19)11-4-6-15-12(10-11)18-8-3-5-16-18/h3-6,8,10,14H,7,9H2,1-2H3. The van der Waals surface area contributed by atoms with Gasteiger partial charge in [-0.05, 0) is 25.2 Å². The molecule has 2 aromatic rings. The number of nitrogens with zero attached hydrogens (tertiary/aromatic N) is 4. The maximum atomic E-state index is 12.2. The number of aromatic nitrogens is 3. The van der Waals surface area contributed by atoms with Gasteiger partial charge in [0, 0.05) is 44.3 Å². The molecule has 0 aromatic carbocycles. The van der Waals surface area contributed by atoms with E-state index in [9.17, 15) is 4.79 Å². The maximum absolute atomic E-state index is 12.2. The van der Waals surface area contributed by atoms with Gasteiger partial charge in [-0.25, -0.2) is 9.67 Å². The summed E-state index contributed by atoms with van der Waals surface area (Å²) in [6.07, 6.45) is 5.09. The van der Waals surface area contributed by atoms with Crippen LogP contribution in [0.25, 0.3) is 5.82 Å². The van der Waals surface area contributed by atoms with Crippen molar-refractivity contribution >= 4 is 5.91 Å². The van der Waals surface area contributed by atoms with Crippen LogP contribution >= 0.6 is 0 Å². The van der Waals surface area contributed by atoms with Crippen molar-refractivity contribution in [2.24, 2.45) is 0 Å². The van der Waals surface area contributed by atoms with Crippen LogP contribution in [-0.2, 0) is 0 Å². The molecule has 0 radical (unpaired) electrons. The summed E-state index contributed by atoms with van der Waals surface area (Å²) in [4.78, 5) is 18.1. The Morgan fingerprint density at radius 3 is 3.00 bits per heavy atom.